The van der Waals surface area contributed by atoms with Gasteiger partial charge in [-0.2, -0.15) is 0 Å². The van der Waals surface area contributed by atoms with Crippen LogP contribution in [-0.4, -0.2) is 43.8 Å². The molecule has 1 atom stereocenters. The Morgan fingerprint density at radius 2 is 2.16 bits per heavy atom. The van der Waals surface area contributed by atoms with Gasteiger partial charge in [0.1, 0.15) is 0 Å². The molecule has 104 valence electrons. The van der Waals surface area contributed by atoms with E-state index in [0.29, 0.717) is 25.9 Å². The average molecular weight is 281 g/mol. The zero-order valence-electron chi connectivity index (χ0n) is 11.3. The van der Waals surface area contributed by atoms with Gasteiger partial charge >= 0.3 is 0 Å². The van der Waals surface area contributed by atoms with Crippen molar-refractivity contribution in [2.45, 2.75) is 25.0 Å². The van der Waals surface area contributed by atoms with Gasteiger partial charge in [0.2, 0.25) is 5.91 Å². The van der Waals surface area contributed by atoms with Gasteiger partial charge in [0.15, 0.2) is 9.84 Å². The van der Waals surface area contributed by atoms with Crippen molar-refractivity contribution in [1.29, 1.82) is 0 Å². The first-order valence-corrected chi connectivity index (χ1v) is 8.34. The predicted octanol–water partition coefficient (Wildman–Crippen LogP) is 1.18. The third kappa shape index (κ3) is 3.56. The predicted molar refractivity (Wildman–Crippen MR) is 74.7 cm³/mol. The molecule has 4 nitrogen and oxygen atoms in total. The number of hydrogen-bond donors (Lipinski definition) is 0. The molecule has 0 aromatic heterocycles. The summed E-state index contributed by atoms with van der Waals surface area (Å²) in [7, 11) is -3.04. The van der Waals surface area contributed by atoms with Crippen molar-refractivity contribution >= 4 is 15.7 Å². The Bertz CT molecular complexity index is 580. The van der Waals surface area contributed by atoms with E-state index >= 15 is 0 Å². The fraction of sp³-hybridized carbons (Fsp3) is 0.500. The number of likely N-dealkylation sites (tertiary alicyclic amines) is 1. The largest absolute Gasteiger partial charge is 0.341 e. The van der Waals surface area contributed by atoms with Crippen LogP contribution >= 0.6 is 0 Å². The third-order valence-electron chi connectivity index (χ3n) is 3.54. The molecule has 1 aromatic carbocycles. The molecular weight excluding hydrogens is 262 g/mol. The molecule has 5 heteroatoms. The maximum atomic E-state index is 12.1. The van der Waals surface area contributed by atoms with Crippen LogP contribution in [0.4, 0.5) is 0 Å². The molecule has 0 saturated carbocycles. The van der Waals surface area contributed by atoms with Gasteiger partial charge in [-0.05, 0) is 18.9 Å². The summed E-state index contributed by atoms with van der Waals surface area (Å²) in [5.74, 6) is 0.0109. The number of aryl methyl sites for hydroxylation is 1. The number of hydrogen-bond acceptors (Lipinski definition) is 3. The Hall–Kier alpha value is -1.36. The van der Waals surface area contributed by atoms with Crippen LogP contribution in [-0.2, 0) is 21.1 Å². The smallest absolute Gasteiger partial charge is 0.227 e. The summed E-state index contributed by atoms with van der Waals surface area (Å²) in [5, 5.41) is -0.394. The van der Waals surface area contributed by atoms with Gasteiger partial charge in [0, 0.05) is 19.3 Å². The number of benzene rings is 1. The van der Waals surface area contributed by atoms with E-state index in [1.54, 1.807) is 4.90 Å². The highest BCUT2D eigenvalue weighted by Crippen LogP contribution is 2.17. The highest BCUT2D eigenvalue weighted by molar-refractivity contribution is 7.91. The summed E-state index contributed by atoms with van der Waals surface area (Å²) in [6.07, 6.45) is 2.14. The molecule has 0 aliphatic carbocycles. The van der Waals surface area contributed by atoms with Gasteiger partial charge < -0.3 is 4.90 Å². The lowest BCUT2D eigenvalue weighted by molar-refractivity contribution is -0.129. The summed E-state index contributed by atoms with van der Waals surface area (Å²) in [6.45, 7) is 2.87. The van der Waals surface area contributed by atoms with Crippen LogP contribution in [0.15, 0.2) is 24.3 Å². The zero-order chi connectivity index (χ0) is 14.0. The molecule has 1 fully saturated rings. The molecule has 1 heterocycles. The molecular formula is C14H19NO3S. The van der Waals surface area contributed by atoms with E-state index in [4.69, 9.17) is 0 Å². The summed E-state index contributed by atoms with van der Waals surface area (Å²) in [4.78, 5) is 13.8. The van der Waals surface area contributed by atoms with Gasteiger partial charge in [0.25, 0.3) is 0 Å². The first-order chi connectivity index (χ1) is 8.86. The number of carbonyl (C=O) groups is 1. The molecule has 1 aliphatic heterocycles. The van der Waals surface area contributed by atoms with E-state index in [-0.39, 0.29) is 5.91 Å². The van der Waals surface area contributed by atoms with Gasteiger partial charge in [0.05, 0.1) is 11.7 Å². The molecule has 0 spiro atoms. The van der Waals surface area contributed by atoms with Crippen LogP contribution in [0.25, 0.3) is 0 Å². The van der Waals surface area contributed by atoms with Crippen LogP contribution in [0.2, 0.25) is 0 Å². The summed E-state index contributed by atoms with van der Waals surface area (Å²) < 4.78 is 22.9. The standard InChI is InChI=1S/C14H19NO3S/c1-11-4-3-5-12(8-11)9-14(16)15-7-6-13(10-15)19(2,17)18/h3-5,8,13H,6-7,9-10H2,1-2H3/t13-/m1/s1. The Morgan fingerprint density at radius 1 is 1.42 bits per heavy atom. The van der Waals surface area contributed by atoms with Crippen molar-refractivity contribution in [1.82, 2.24) is 4.90 Å². The van der Waals surface area contributed by atoms with Crippen molar-refractivity contribution in [2.75, 3.05) is 19.3 Å². The second-order valence-electron chi connectivity index (χ2n) is 5.25. The lowest BCUT2D eigenvalue weighted by Crippen LogP contribution is -2.32. The van der Waals surface area contributed by atoms with E-state index in [1.807, 2.05) is 31.2 Å². The lowest BCUT2D eigenvalue weighted by Gasteiger charge is -2.16. The molecule has 0 radical (unpaired) electrons. The maximum absolute atomic E-state index is 12.1. The van der Waals surface area contributed by atoms with E-state index in [1.165, 1.54) is 6.26 Å². The molecule has 19 heavy (non-hydrogen) atoms. The van der Waals surface area contributed by atoms with Crippen LogP contribution < -0.4 is 0 Å². The molecule has 0 N–H and O–H groups in total. The van der Waals surface area contributed by atoms with E-state index < -0.39 is 15.1 Å². The number of nitrogens with zero attached hydrogens (tertiary/aromatic N) is 1. The lowest BCUT2D eigenvalue weighted by atomic mass is 10.1. The summed E-state index contributed by atoms with van der Waals surface area (Å²) in [6, 6.07) is 7.84. The van der Waals surface area contributed by atoms with Crippen molar-refractivity contribution in [3.63, 3.8) is 0 Å². The monoisotopic (exact) mass is 281 g/mol. The number of rotatable bonds is 3. The molecule has 1 saturated heterocycles. The minimum atomic E-state index is -3.04. The summed E-state index contributed by atoms with van der Waals surface area (Å²) >= 11 is 0. The van der Waals surface area contributed by atoms with Crippen molar-refractivity contribution < 1.29 is 13.2 Å². The van der Waals surface area contributed by atoms with Gasteiger partial charge in [-0.3, -0.25) is 4.79 Å². The average Bonchev–Trinajstić information content (AvgIpc) is 2.77. The number of sulfone groups is 1. The minimum absolute atomic E-state index is 0.0109. The Morgan fingerprint density at radius 3 is 2.74 bits per heavy atom. The highest BCUT2D eigenvalue weighted by Gasteiger charge is 2.32. The normalized spacial score (nSPS) is 19.7. The fourth-order valence-corrected chi connectivity index (χ4v) is 3.40. The molecule has 0 bridgehead atoms. The molecule has 1 aromatic rings. The fourth-order valence-electron chi connectivity index (χ4n) is 2.41. The molecule has 0 unspecified atom stereocenters. The van der Waals surface area contributed by atoms with Gasteiger partial charge in [-0.1, -0.05) is 29.8 Å². The highest BCUT2D eigenvalue weighted by atomic mass is 32.2. The van der Waals surface area contributed by atoms with Crippen LogP contribution in [0.3, 0.4) is 0 Å². The minimum Gasteiger partial charge on any atom is -0.341 e. The third-order valence-corrected chi connectivity index (χ3v) is 5.14. The Balaban J connectivity index is 1.99. The first kappa shape index (κ1) is 14.1. The SMILES string of the molecule is Cc1cccc(CC(=O)N2CC[C@@H](S(C)(=O)=O)C2)c1. The van der Waals surface area contributed by atoms with E-state index in [2.05, 4.69) is 0 Å². The number of carbonyl (C=O) groups excluding carboxylic acids is 1. The van der Waals surface area contributed by atoms with Gasteiger partial charge in [-0.25, -0.2) is 8.42 Å². The quantitative estimate of drug-likeness (QED) is 0.836. The van der Waals surface area contributed by atoms with Crippen molar-refractivity contribution in [3.8, 4) is 0 Å². The summed E-state index contributed by atoms with van der Waals surface area (Å²) in [5.41, 5.74) is 2.11. The zero-order valence-corrected chi connectivity index (χ0v) is 12.1. The van der Waals surface area contributed by atoms with Crippen molar-refractivity contribution in [3.05, 3.63) is 35.4 Å². The second kappa shape index (κ2) is 5.33. The molecule has 1 amide bonds. The first-order valence-electron chi connectivity index (χ1n) is 6.38. The Kier molecular flexibility index (Phi) is 3.94. The number of amides is 1. The Labute approximate surface area is 114 Å². The maximum Gasteiger partial charge on any atom is 0.227 e. The van der Waals surface area contributed by atoms with Crippen LogP contribution in [0.5, 0.6) is 0 Å². The topological polar surface area (TPSA) is 54.5 Å². The molecule has 1 aliphatic rings. The van der Waals surface area contributed by atoms with Gasteiger partial charge in [-0.15, -0.1) is 0 Å². The molecule has 2 rings (SSSR count). The van der Waals surface area contributed by atoms with E-state index in [9.17, 15) is 13.2 Å². The van der Waals surface area contributed by atoms with Crippen molar-refractivity contribution in [2.24, 2.45) is 0 Å². The van der Waals surface area contributed by atoms with Crippen LogP contribution in [0.1, 0.15) is 17.5 Å². The van der Waals surface area contributed by atoms with Crippen LogP contribution in [0, 0.1) is 6.92 Å². The van der Waals surface area contributed by atoms with E-state index in [0.717, 1.165) is 11.1 Å². The second-order valence-corrected chi connectivity index (χ2v) is 7.57.